The van der Waals surface area contributed by atoms with E-state index in [9.17, 15) is 19.5 Å². The summed E-state index contributed by atoms with van der Waals surface area (Å²) in [6, 6.07) is 6.99. The van der Waals surface area contributed by atoms with Gasteiger partial charge in [-0.05, 0) is 37.0 Å². The quantitative estimate of drug-likeness (QED) is 0.603. The molecule has 160 valence electrons. The zero-order valence-corrected chi connectivity index (χ0v) is 17.8. The molecule has 1 aromatic carbocycles. The SMILES string of the molecule is CCN(CCO)C(=O)C[C@@]1(c2ccc(OC)cc2)CC(=O)N(CCC(C)C)C1=O. The molecule has 29 heavy (non-hydrogen) atoms. The smallest absolute Gasteiger partial charge is 0.240 e. The van der Waals surface area contributed by atoms with Crippen molar-refractivity contribution in [2.75, 3.05) is 33.4 Å². The van der Waals surface area contributed by atoms with Crippen molar-refractivity contribution in [1.29, 1.82) is 0 Å². The largest absolute Gasteiger partial charge is 0.497 e. The summed E-state index contributed by atoms with van der Waals surface area (Å²) in [6.45, 7) is 6.74. The number of hydrogen-bond acceptors (Lipinski definition) is 5. The molecule has 1 saturated heterocycles. The third-order valence-corrected chi connectivity index (χ3v) is 5.54. The molecule has 0 saturated carbocycles. The monoisotopic (exact) mass is 404 g/mol. The van der Waals surface area contributed by atoms with Gasteiger partial charge >= 0.3 is 0 Å². The number of rotatable bonds is 10. The van der Waals surface area contributed by atoms with Gasteiger partial charge in [-0.15, -0.1) is 0 Å². The summed E-state index contributed by atoms with van der Waals surface area (Å²) in [5.41, 5.74) is -0.586. The minimum atomic E-state index is -1.22. The maximum Gasteiger partial charge on any atom is 0.240 e. The zero-order chi connectivity index (χ0) is 21.6. The minimum absolute atomic E-state index is 0.0291. The van der Waals surface area contributed by atoms with Gasteiger partial charge in [0.2, 0.25) is 17.7 Å². The molecular formula is C22H32N2O5. The van der Waals surface area contributed by atoms with E-state index in [1.807, 2.05) is 20.8 Å². The fraction of sp³-hybridized carbons (Fsp3) is 0.591. The Labute approximate surface area is 172 Å². The van der Waals surface area contributed by atoms with E-state index >= 15 is 0 Å². The second-order valence-corrected chi connectivity index (χ2v) is 7.89. The number of carbonyl (C=O) groups excluding carboxylic acids is 3. The minimum Gasteiger partial charge on any atom is -0.497 e. The Kier molecular flexibility index (Phi) is 7.79. The molecule has 7 nitrogen and oxygen atoms in total. The number of amides is 3. The van der Waals surface area contributed by atoms with Crippen LogP contribution in [0.25, 0.3) is 0 Å². The van der Waals surface area contributed by atoms with Gasteiger partial charge in [0.25, 0.3) is 0 Å². The molecule has 1 N–H and O–H groups in total. The number of imide groups is 1. The van der Waals surface area contributed by atoms with Crippen LogP contribution < -0.4 is 4.74 Å². The number of likely N-dealkylation sites (tertiary alicyclic amines) is 1. The lowest BCUT2D eigenvalue weighted by molar-refractivity contribution is -0.142. The van der Waals surface area contributed by atoms with Crippen LogP contribution in [0.1, 0.15) is 45.6 Å². The number of likely N-dealkylation sites (N-methyl/N-ethyl adjacent to an activating group) is 1. The number of aliphatic hydroxyl groups excluding tert-OH is 1. The lowest BCUT2D eigenvalue weighted by atomic mass is 9.75. The van der Waals surface area contributed by atoms with Crippen molar-refractivity contribution in [3.05, 3.63) is 29.8 Å². The molecule has 0 aliphatic carbocycles. The number of benzene rings is 1. The van der Waals surface area contributed by atoms with Gasteiger partial charge in [0, 0.05) is 32.5 Å². The van der Waals surface area contributed by atoms with Gasteiger partial charge in [0.05, 0.1) is 19.1 Å². The van der Waals surface area contributed by atoms with Crippen LogP contribution in [0.2, 0.25) is 0 Å². The second-order valence-electron chi connectivity index (χ2n) is 7.89. The van der Waals surface area contributed by atoms with Gasteiger partial charge < -0.3 is 14.7 Å². The fourth-order valence-corrected chi connectivity index (χ4v) is 3.74. The van der Waals surface area contributed by atoms with Gasteiger partial charge in [0.15, 0.2) is 0 Å². The average Bonchev–Trinajstić information content (AvgIpc) is 2.94. The van der Waals surface area contributed by atoms with Crippen molar-refractivity contribution >= 4 is 17.7 Å². The molecule has 0 unspecified atom stereocenters. The first-order chi connectivity index (χ1) is 13.8. The highest BCUT2D eigenvalue weighted by atomic mass is 16.5. The number of hydrogen-bond donors (Lipinski definition) is 1. The van der Waals surface area contributed by atoms with E-state index in [2.05, 4.69) is 0 Å². The van der Waals surface area contributed by atoms with Crippen molar-refractivity contribution in [2.24, 2.45) is 5.92 Å². The van der Waals surface area contributed by atoms with Crippen LogP contribution in [-0.2, 0) is 19.8 Å². The molecule has 1 aliphatic heterocycles. The van der Waals surface area contributed by atoms with Crippen molar-refractivity contribution in [1.82, 2.24) is 9.80 Å². The highest BCUT2D eigenvalue weighted by Gasteiger charge is 2.53. The van der Waals surface area contributed by atoms with Crippen LogP contribution in [0.4, 0.5) is 0 Å². The first-order valence-electron chi connectivity index (χ1n) is 10.2. The summed E-state index contributed by atoms with van der Waals surface area (Å²) in [7, 11) is 1.56. The van der Waals surface area contributed by atoms with Gasteiger partial charge in [-0.25, -0.2) is 0 Å². The third-order valence-electron chi connectivity index (χ3n) is 5.54. The molecule has 0 bridgehead atoms. The molecule has 2 rings (SSSR count). The molecule has 7 heteroatoms. The van der Waals surface area contributed by atoms with Gasteiger partial charge in [0.1, 0.15) is 5.75 Å². The summed E-state index contributed by atoms with van der Waals surface area (Å²) in [4.78, 5) is 42.0. The standard InChI is InChI=1S/C22H32N2O5/c1-5-23(12-13-25)19(26)14-22(17-6-8-18(29-4)9-7-17)15-20(27)24(21(22)28)11-10-16(2)3/h6-9,16,25H,5,10-15H2,1-4H3/t22-/m0/s1. The van der Waals surface area contributed by atoms with Gasteiger partial charge in [-0.3, -0.25) is 19.3 Å². The summed E-state index contributed by atoms with van der Waals surface area (Å²) in [5.74, 6) is 0.183. The molecule has 1 atom stereocenters. The number of carbonyl (C=O) groups is 3. The predicted octanol–water partition coefficient (Wildman–Crippen LogP) is 1.97. The van der Waals surface area contributed by atoms with Crippen molar-refractivity contribution in [3.8, 4) is 5.75 Å². The van der Waals surface area contributed by atoms with E-state index in [1.54, 1.807) is 31.4 Å². The maximum absolute atomic E-state index is 13.5. The highest BCUT2D eigenvalue weighted by molar-refractivity contribution is 6.10. The number of aliphatic hydroxyl groups is 1. The van der Waals surface area contributed by atoms with Crippen LogP contribution in [0.5, 0.6) is 5.75 Å². The van der Waals surface area contributed by atoms with Crippen molar-refractivity contribution in [2.45, 2.75) is 45.4 Å². The molecule has 0 spiro atoms. The zero-order valence-electron chi connectivity index (χ0n) is 17.8. The summed E-state index contributed by atoms with van der Waals surface area (Å²) >= 11 is 0. The number of nitrogens with zero attached hydrogens (tertiary/aromatic N) is 2. The topological polar surface area (TPSA) is 87.2 Å². The lowest BCUT2D eigenvalue weighted by Gasteiger charge is -2.30. The maximum atomic E-state index is 13.5. The van der Waals surface area contributed by atoms with Crippen LogP contribution in [-0.4, -0.2) is 66.0 Å². The molecule has 1 heterocycles. The van der Waals surface area contributed by atoms with E-state index in [0.717, 1.165) is 6.42 Å². The number of ether oxygens (including phenoxy) is 1. The van der Waals surface area contributed by atoms with Crippen LogP contribution in [0, 0.1) is 5.92 Å². The van der Waals surface area contributed by atoms with Crippen LogP contribution in [0.3, 0.4) is 0 Å². The van der Waals surface area contributed by atoms with Crippen LogP contribution in [0.15, 0.2) is 24.3 Å². The molecule has 1 aromatic rings. The predicted molar refractivity (Wildman–Crippen MR) is 109 cm³/mol. The fourth-order valence-electron chi connectivity index (χ4n) is 3.74. The summed E-state index contributed by atoms with van der Waals surface area (Å²) < 4.78 is 5.20. The Balaban J connectivity index is 2.41. The molecule has 1 fully saturated rings. The second kappa shape index (κ2) is 9.87. The molecular weight excluding hydrogens is 372 g/mol. The Bertz CT molecular complexity index is 731. The lowest BCUT2D eigenvalue weighted by Crippen LogP contribution is -2.44. The van der Waals surface area contributed by atoms with Crippen molar-refractivity contribution in [3.63, 3.8) is 0 Å². The van der Waals surface area contributed by atoms with Gasteiger partial charge in [-0.2, -0.15) is 0 Å². The molecule has 0 aromatic heterocycles. The van der Waals surface area contributed by atoms with E-state index < -0.39 is 5.41 Å². The molecule has 3 amide bonds. The summed E-state index contributed by atoms with van der Waals surface area (Å²) in [6.07, 6.45) is 0.588. The Morgan fingerprint density at radius 1 is 1.28 bits per heavy atom. The van der Waals surface area contributed by atoms with E-state index in [1.165, 1.54) is 9.80 Å². The first kappa shape index (κ1) is 22.9. The number of methoxy groups -OCH3 is 1. The highest BCUT2D eigenvalue weighted by Crippen LogP contribution is 2.41. The van der Waals surface area contributed by atoms with Crippen molar-refractivity contribution < 1.29 is 24.2 Å². The first-order valence-corrected chi connectivity index (χ1v) is 10.2. The third kappa shape index (κ3) is 4.96. The Morgan fingerprint density at radius 3 is 2.45 bits per heavy atom. The Morgan fingerprint density at radius 2 is 1.93 bits per heavy atom. The van der Waals surface area contributed by atoms with E-state index in [4.69, 9.17) is 4.74 Å². The Hall–Kier alpha value is -2.41. The van der Waals surface area contributed by atoms with Crippen LogP contribution >= 0.6 is 0 Å². The molecule has 1 aliphatic rings. The van der Waals surface area contributed by atoms with Gasteiger partial charge in [-0.1, -0.05) is 26.0 Å². The van der Waals surface area contributed by atoms with E-state index in [-0.39, 0.29) is 43.7 Å². The molecule has 0 radical (unpaired) electrons. The van der Waals surface area contributed by atoms with E-state index in [0.29, 0.717) is 30.3 Å². The average molecular weight is 405 g/mol. The normalized spacial score (nSPS) is 19.2. The summed E-state index contributed by atoms with van der Waals surface area (Å²) in [5, 5.41) is 9.24.